The summed E-state index contributed by atoms with van der Waals surface area (Å²) in [5, 5.41) is 11.1. The van der Waals surface area contributed by atoms with E-state index < -0.39 is 11.2 Å². The van der Waals surface area contributed by atoms with Crippen LogP contribution < -0.4 is 15.4 Å². The first-order chi connectivity index (χ1) is 10.3. The van der Waals surface area contributed by atoms with E-state index in [1.54, 1.807) is 18.2 Å². The number of rotatable bonds is 3. The molecule has 2 aromatic rings. The van der Waals surface area contributed by atoms with Crippen LogP contribution in [-0.4, -0.2) is 22.4 Å². The monoisotopic (exact) mass is 368 g/mol. The van der Waals surface area contributed by atoms with Gasteiger partial charge in [0.1, 0.15) is 5.75 Å². The molecule has 2 N–H and O–H groups in total. The van der Waals surface area contributed by atoms with Crippen molar-refractivity contribution in [3.8, 4) is 5.75 Å². The molecule has 22 heavy (non-hydrogen) atoms. The fourth-order valence-corrected chi connectivity index (χ4v) is 2.48. The van der Waals surface area contributed by atoms with Crippen molar-refractivity contribution in [2.24, 2.45) is 0 Å². The number of aromatic nitrogens is 2. The van der Waals surface area contributed by atoms with Gasteiger partial charge in [0.05, 0.1) is 12.8 Å². The van der Waals surface area contributed by atoms with Gasteiger partial charge in [-0.25, -0.2) is 0 Å². The third-order valence-corrected chi connectivity index (χ3v) is 3.62. The summed E-state index contributed by atoms with van der Waals surface area (Å²) in [6.45, 7) is 0. The first-order valence-electron chi connectivity index (χ1n) is 5.62. The molecule has 1 heterocycles. The molecule has 0 fully saturated rings. The van der Waals surface area contributed by atoms with Gasteiger partial charge in [0.15, 0.2) is 5.11 Å². The second-order valence-corrected chi connectivity index (χ2v) is 5.66. The van der Waals surface area contributed by atoms with Crippen LogP contribution in [0.1, 0.15) is 5.01 Å². The number of alkyl halides is 3. The maximum Gasteiger partial charge on any atom is 0.445 e. The fraction of sp³-hybridized carbons (Fsp3) is 0.182. The van der Waals surface area contributed by atoms with Crippen LogP contribution >= 0.6 is 35.2 Å². The Morgan fingerprint density at radius 2 is 2.05 bits per heavy atom. The van der Waals surface area contributed by atoms with Crippen LogP contribution in [-0.2, 0) is 6.18 Å². The van der Waals surface area contributed by atoms with Crippen molar-refractivity contribution in [3.05, 3.63) is 28.2 Å². The predicted octanol–water partition coefficient (Wildman–Crippen LogP) is 4.03. The summed E-state index contributed by atoms with van der Waals surface area (Å²) in [6, 6.07) is 4.82. The highest BCUT2D eigenvalue weighted by molar-refractivity contribution is 7.80. The van der Waals surface area contributed by atoms with E-state index in [-0.39, 0.29) is 10.2 Å². The Balaban J connectivity index is 2.07. The summed E-state index contributed by atoms with van der Waals surface area (Å²) >= 11 is 11.2. The van der Waals surface area contributed by atoms with E-state index in [4.69, 9.17) is 28.6 Å². The normalized spacial score (nSPS) is 11.1. The van der Waals surface area contributed by atoms with Crippen LogP contribution in [0.15, 0.2) is 18.2 Å². The SMILES string of the molecule is COc1ccc(Cl)cc1NC(=S)Nc1nnc(C(F)(F)F)s1. The minimum Gasteiger partial charge on any atom is -0.495 e. The Bertz CT molecular complexity index is 692. The van der Waals surface area contributed by atoms with Gasteiger partial charge in [0.2, 0.25) is 10.1 Å². The lowest BCUT2D eigenvalue weighted by atomic mass is 10.3. The standard InChI is InChI=1S/C11H8ClF3N4OS2/c1-20-7-3-2-5(12)4-6(7)16-9(21)17-10-19-18-8(22-10)11(13,14)15/h2-4H,1H3,(H2,16,17,19,21). The maximum atomic E-state index is 12.4. The van der Waals surface area contributed by atoms with Gasteiger partial charge in [-0.2, -0.15) is 13.2 Å². The number of hydrogen-bond donors (Lipinski definition) is 2. The Morgan fingerprint density at radius 3 is 2.64 bits per heavy atom. The summed E-state index contributed by atoms with van der Waals surface area (Å²) in [4.78, 5) is 0. The van der Waals surface area contributed by atoms with Gasteiger partial charge in [-0.1, -0.05) is 22.9 Å². The molecule has 0 aliphatic heterocycles. The molecule has 0 unspecified atom stereocenters. The smallest absolute Gasteiger partial charge is 0.445 e. The zero-order valence-corrected chi connectivity index (χ0v) is 13.3. The van der Waals surface area contributed by atoms with Crippen molar-refractivity contribution in [3.63, 3.8) is 0 Å². The number of hydrogen-bond acceptors (Lipinski definition) is 5. The number of methoxy groups -OCH3 is 1. The van der Waals surface area contributed by atoms with E-state index in [2.05, 4.69) is 20.8 Å². The molecule has 1 aromatic heterocycles. The first-order valence-corrected chi connectivity index (χ1v) is 7.22. The molecule has 0 amide bonds. The van der Waals surface area contributed by atoms with Crippen molar-refractivity contribution < 1.29 is 17.9 Å². The summed E-state index contributed by atoms with van der Waals surface area (Å²) in [5.41, 5.74) is 0.466. The average Bonchev–Trinajstić information content (AvgIpc) is 2.87. The zero-order valence-electron chi connectivity index (χ0n) is 10.9. The van der Waals surface area contributed by atoms with Crippen molar-refractivity contribution >= 4 is 51.1 Å². The molecule has 2 rings (SSSR count). The minimum atomic E-state index is -4.54. The molecule has 0 atom stereocenters. The number of benzene rings is 1. The van der Waals surface area contributed by atoms with Crippen LogP contribution in [0.5, 0.6) is 5.75 Å². The van der Waals surface area contributed by atoms with E-state index in [0.29, 0.717) is 27.8 Å². The quantitative estimate of drug-likeness (QED) is 0.798. The maximum absolute atomic E-state index is 12.4. The fourth-order valence-electron chi connectivity index (χ4n) is 1.42. The van der Waals surface area contributed by atoms with Gasteiger partial charge >= 0.3 is 6.18 Å². The van der Waals surface area contributed by atoms with Crippen LogP contribution in [0.2, 0.25) is 5.02 Å². The van der Waals surface area contributed by atoms with Gasteiger partial charge in [-0.05, 0) is 30.4 Å². The Kier molecular flexibility index (Phi) is 5.04. The van der Waals surface area contributed by atoms with Crippen molar-refractivity contribution in [1.82, 2.24) is 10.2 Å². The molecule has 0 bridgehead atoms. The molecule has 1 aromatic carbocycles. The second kappa shape index (κ2) is 6.63. The van der Waals surface area contributed by atoms with E-state index >= 15 is 0 Å². The van der Waals surface area contributed by atoms with E-state index in [9.17, 15) is 13.2 Å². The molecule has 11 heteroatoms. The van der Waals surface area contributed by atoms with Crippen molar-refractivity contribution in [1.29, 1.82) is 0 Å². The topological polar surface area (TPSA) is 59.1 Å². The van der Waals surface area contributed by atoms with Crippen molar-refractivity contribution in [2.45, 2.75) is 6.18 Å². The third kappa shape index (κ3) is 4.18. The molecule has 0 radical (unpaired) electrons. The van der Waals surface area contributed by atoms with Crippen molar-refractivity contribution in [2.75, 3.05) is 17.7 Å². The van der Waals surface area contributed by atoms with E-state index in [1.165, 1.54) is 7.11 Å². The van der Waals surface area contributed by atoms with Gasteiger partial charge in [-0.3, -0.25) is 0 Å². The lowest BCUT2D eigenvalue weighted by Crippen LogP contribution is -2.19. The lowest BCUT2D eigenvalue weighted by Gasteiger charge is -2.12. The summed E-state index contributed by atoms with van der Waals surface area (Å²) in [6.07, 6.45) is -4.54. The van der Waals surface area contributed by atoms with Crippen LogP contribution in [0.3, 0.4) is 0 Å². The molecular formula is C11H8ClF3N4OS2. The van der Waals surface area contributed by atoms with Gasteiger partial charge in [0, 0.05) is 5.02 Å². The van der Waals surface area contributed by atoms with E-state index in [1.807, 2.05) is 0 Å². The van der Waals surface area contributed by atoms with Crippen LogP contribution in [0, 0.1) is 0 Å². The predicted molar refractivity (Wildman–Crippen MR) is 82.8 cm³/mol. The Hall–Kier alpha value is -1.65. The Morgan fingerprint density at radius 1 is 1.32 bits per heavy atom. The number of nitrogens with one attached hydrogen (secondary N) is 2. The average molecular weight is 369 g/mol. The number of anilines is 2. The number of halogens is 4. The summed E-state index contributed by atoms with van der Waals surface area (Å²) < 4.78 is 42.4. The Labute approximate surface area is 137 Å². The molecule has 0 spiro atoms. The van der Waals surface area contributed by atoms with E-state index in [0.717, 1.165) is 0 Å². The number of thiocarbonyl (C=S) groups is 1. The van der Waals surface area contributed by atoms with Gasteiger partial charge in [0.25, 0.3) is 0 Å². The lowest BCUT2D eigenvalue weighted by molar-refractivity contribution is -0.138. The third-order valence-electron chi connectivity index (χ3n) is 2.30. The molecule has 0 aliphatic carbocycles. The highest BCUT2D eigenvalue weighted by Gasteiger charge is 2.35. The molecule has 0 saturated heterocycles. The molecule has 5 nitrogen and oxygen atoms in total. The summed E-state index contributed by atoms with van der Waals surface area (Å²) in [7, 11) is 1.46. The molecular weight excluding hydrogens is 361 g/mol. The molecule has 118 valence electrons. The minimum absolute atomic E-state index is 0.0328. The second-order valence-electron chi connectivity index (χ2n) is 3.83. The highest BCUT2D eigenvalue weighted by atomic mass is 35.5. The number of nitrogens with zero attached hydrogens (tertiary/aromatic N) is 2. The first kappa shape index (κ1) is 16.7. The van der Waals surface area contributed by atoms with Gasteiger partial charge in [-0.15, -0.1) is 10.2 Å². The molecule has 0 aliphatic rings. The van der Waals surface area contributed by atoms with Crippen LogP contribution in [0.25, 0.3) is 0 Å². The summed E-state index contributed by atoms with van der Waals surface area (Å²) in [5.74, 6) is 0.474. The van der Waals surface area contributed by atoms with Crippen LogP contribution in [0.4, 0.5) is 24.0 Å². The highest BCUT2D eigenvalue weighted by Crippen LogP contribution is 2.33. The van der Waals surface area contributed by atoms with Gasteiger partial charge < -0.3 is 15.4 Å². The largest absolute Gasteiger partial charge is 0.495 e. The molecule has 0 saturated carbocycles. The number of ether oxygens (including phenoxy) is 1. The zero-order chi connectivity index (χ0) is 16.3.